The van der Waals surface area contributed by atoms with Gasteiger partial charge in [-0.05, 0) is 68.4 Å². The molecule has 1 aliphatic rings. The van der Waals surface area contributed by atoms with Gasteiger partial charge in [0, 0.05) is 36.9 Å². The lowest BCUT2D eigenvalue weighted by molar-refractivity contribution is 0.247. The molecule has 6 nitrogen and oxygen atoms in total. The van der Waals surface area contributed by atoms with Gasteiger partial charge in [0.15, 0.2) is 5.11 Å². The van der Waals surface area contributed by atoms with Crippen molar-refractivity contribution in [1.82, 2.24) is 24.8 Å². The first kappa shape index (κ1) is 19.5. The van der Waals surface area contributed by atoms with Crippen molar-refractivity contribution < 1.29 is 5.11 Å². The number of aromatic nitrogens is 3. The van der Waals surface area contributed by atoms with Crippen LogP contribution in [0.4, 0.5) is 0 Å². The van der Waals surface area contributed by atoms with Crippen LogP contribution in [0.15, 0.2) is 54.9 Å². The van der Waals surface area contributed by atoms with Crippen molar-refractivity contribution in [2.24, 2.45) is 0 Å². The van der Waals surface area contributed by atoms with E-state index in [1.807, 2.05) is 48.8 Å². The normalized spacial score (nSPS) is 18.9. The Balaban J connectivity index is 1.81. The monoisotopic (exact) mass is 407 g/mol. The number of rotatable bonds is 6. The molecule has 0 unspecified atom stereocenters. The van der Waals surface area contributed by atoms with Gasteiger partial charge in [0.05, 0.1) is 17.8 Å². The minimum Gasteiger partial charge on any atom is -0.396 e. The molecule has 2 atom stereocenters. The van der Waals surface area contributed by atoms with E-state index in [1.165, 1.54) is 5.56 Å². The molecule has 0 spiro atoms. The van der Waals surface area contributed by atoms with Crippen molar-refractivity contribution >= 4 is 17.3 Å². The van der Waals surface area contributed by atoms with Gasteiger partial charge in [0.2, 0.25) is 0 Å². The van der Waals surface area contributed by atoms with Crippen molar-refractivity contribution in [3.05, 3.63) is 77.5 Å². The van der Waals surface area contributed by atoms with E-state index in [-0.39, 0.29) is 18.7 Å². The third-order valence-corrected chi connectivity index (χ3v) is 5.77. The number of hydrogen-bond acceptors (Lipinski definition) is 4. The Labute approximate surface area is 176 Å². The molecule has 1 fully saturated rings. The summed E-state index contributed by atoms with van der Waals surface area (Å²) in [5.41, 5.74) is 4.40. The van der Waals surface area contributed by atoms with Crippen molar-refractivity contribution in [1.29, 1.82) is 0 Å². The highest BCUT2D eigenvalue weighted by Gasteiger charge is 2.41. The van der Waals surface area contributed by atoms with E-state index in [0.29, 0.717) is 18.1 Å². The first-order valence-corrected chi connectivity index (χ1v) is 10.2. The van der Waals surface area contributed by atoms with E-state index in [4.69, 9.17) is 12.2 Å². The summed E-state index contributed by atoms with van der Waals surface area (Å²) in [4.78, 5) is 11.3. The molecule has 1 saturated heterocycles. The van der Waals surface area contributed by atoms with Gasteiger partial charge in [0.1, 0.15) is 5.82 Å². The Bertz CT molecular complexity index is 989. The van der Waals surface area contributed by atoms with Gasteiger partial charge in [0.25, 0.3) is 0 Å². The zero-order valence-corrected chi connectivity index (χ0v) is 17.4. The van der Waals surface area contributed by atoms with Crippen LogP contribution in [-0.4, -0.2) is 42.8 Å². The molecule has 0 radical (unpaired) electrons. The predicted octanol–water partition coefficient (Wildman–Crippen LogP) is 3.24. The maximum atomic E-state index is 9.39. The molecule has 0 amide bonds. The minimum absolute atomic E-state index is 0.00684. The number of thiocarbonyl (C=S) groups is 1. The predicted molar refractivity (Wildman–Crippen MR) is 117 cm³/mol. The summed E-state index contributed by atoms with van der Waals surface area (Å²) in [5.74, 6) is 0.901. The van der Waals surface area contributed by atoms with Gasteiger partial charge in [-0.3, -0.25) is 4.98 Å². The molecule has 7 heteroatoms. The highest BCUT2D eigenvalue weighted by molar-refractivity contribution is 7.80. The third-order valence-electron chi connectivity index (χ3n) is 5.42. The van der Waals surface area contributed by atoms with E-state index < -0.39 is 0 Å². The Morgan fingerprint density at radius 2 is 1.86 bits per heavy atom. The quantitative estimate of drug-likeness (QED) is 0.612. The largest absolute Gasteiger partial charge is 0.396 e. The van der Waals surface area contributed by atoms with Crippen LogP contribution in [0.2, 0.25) is 0 Å². The Morgan fingerprint density at radius 1 is 1.10 bits per heavy atom. The summed E-state index contributed by atoms with van der Waals surface area (Å²) in [5, 5.41) is 13.5. The van der Waals surface area contributed by atoms with E-state index in [1.54, 1.807) is 0 Å². The van der Waals surface area contributed by atoms with Gasteiger partial charge >= 0.3 is 0 Å². The van der Waals surface area contributed by atoms with E-state index in [9.17, 15) is 5.11 Å². The molecule has 1 aliphatic heterocycles. The van der Waals surface area contributed by atoms with Gasteiger partial charge in [-0.1, -0.05) is 12.1 Å². The van der Waals surface area contributed by atoms with Gasteiger partial charge in [-0.15, -0.1) is 0 Å². The summed E-state index contributed by atoms with van der Waals surface area (Å²) in [6.07, 6.45) is 4.28. The second-order valence-corrected chi connectivity index (χ2v) is 7.63. The molecule has 4 rings (SSSR count). The van der Waals surface area contributed by atoms with Crippen LogP contribution in [0.5, 0.6) is 0 Å². The van der Waals surface area contributed by atoms with Crippen LogP contribution in [-0.2, 0) is 0 Å². The Morgan fingerprint density at radius 3 is 2.52 bits per heavy atom. The van der Waals surface area contributed by atoms with Gasteiger partial charge in [-0.25, -0.2) is 4.98 Å². The maximum Gasteiger partial charge on any atom is 0.170 e. The summed E-state index contributed by atoms with van der Waals surface area (Å²) in [6, 6.07) is 14.0. The molecule has 3 aromatic heterocycles. The second-order valence-electron chi connectivity index (χ2n) is 7.25. The Kier molecular flexibility index (Phi) is 5.60. The summed E-state index contributed by atoms with van der Waals surface area (Å²) in [6.45, 7) is 5.04. The summed E-state index contributed by atoms with van der Waals surface area (Å²) >= 11 is 5.67. The van der Waals surface area contributed by atoms with Crippen molar-refractivity contribution in [2.75, 3.05) is 13.2 Å². The summed E-state index contributed by atoms with van der Waals surface area (Å²) < 4.78 is 2.18. The molecule has 0 saturated carbocycles. The number of hydrogen-bond donors (Lipinski definition) is 2. The summed E-state index contributed by atoms with van der Waals surface area (Å²) in [7, 11) is 0. The highest BCUT2D eigenvalue weighted by atomic mass is 32.1. The molecule has 0 aliphatic carbocycles. The van der Waals surface area contributed by atoms with Crippen LogP contribution in [0.3, 0.4) is 0 Å². The topological polar surface area (TPSA) is 66.2 Å². The minimum atomic E-state index is -0.0555. The van der Waals surface area contributed by atoms with E-state index in [0.717, 1.165) is 22.9 Å². The van der Waals surface area contributed by atoms with Crippen LogP contribution in [0.1, 0.15) is 41.1 Å². The average Bonchev–Trinajstić information content (AvgIpc) is 3.23. The van der Waals surface area contributed by atoms with Crippen LogP contribution < -0.4 is 5.32 Å². The number of aryl methyl sites for hydroxylation is 1. The average molecular weight is 408 g/mol. The third kappa shape index (κ3) is 3.63. The second kappa shape index (κ2) is 8.31. The first-order chi connectivity index (χ1) is 14.1. The number of aliphatic hydroxyl groups excluding tert-OH is 1. The van der Waals surface area contributed by atoms with Crippen LogP contribution in [0.25, 0.3) is 5.82 Å². The molecule has 0 aromatic carbocycles. The van der Waals surface area contributed by atoms with Gasteiger partial charge < -0.3 is 19.9 Å². The van der Waals surface area contributed by atoms with Crippen molar-refractivity contribution in [3.8, 4) is 5.82 Å². The van der Waals surface area contributed by atoms with Crippen molar-refractivity contribution in [3.63, 3.8) is 0 Å². The van der Waals surface area contributed by atoms with E-state index in [2.05, 4.69) is 44.7 Å². The SMILES string of the molecule is Cc1cc([C@H]2[C@H](c3ccccn3)NC(=S)N2CCCO)c(C)n1-c1ccccn1. The lowest BCUT2D eigenvalue weighted by Crippen LogP contribution is -2.31. The fourth-order valence-corrected chi connectivity index (χ4v) is 4.48. The maximum absolute atomic E-state index is 9.39. The van der Waals surface area contributed by atoms with Crippen LogP contribution >= 0.6 is 12.2 Å². The number of nitrogens with one attached hydrogen (secondary N) is 1. The van der Waals surface area contributed by atoms with Gasteiger partial charge in [-0.2, -0.15) is 0 Å². The zero-order valence-electron chi connectivity index (χ0n) is 16.6. The standard InChI is InChI=1S/C22H25N5OS/c1-15-14-17(16(2)27(15)19-9-4-6-11-24-19)21-20(18-8-3-5-10-23-18)25-22(29)26(21)12-7-13-28/h3-6,8-11,14,20-21,28H,7,12-13H2,1-2H3,(H,25,29)/t20-,21-/m0/s1. The lowest BCUT2D eigenvalue weighted by Gasteiger charge is -2.28. The molecule has 150 valence electrons. The molecule has 4 heterocycles. The molecule has 3 aromatic rings. The lowest BCUT2D eigenvalue weighted by atomic mass is 9.96. The highest BCUT2D eigenvalue weighted by Crippen LogP contribution is 2.41. The molecule has 29 heavy (non-hydrogen) atoms. The molecule has 2 N–H and O–H groups in total. The Hall–Kier alpha value is -2.77. The van der Waals surface area contributed by atoms with E-state index >= 15 is 0 Å². The molecule has 0 bridgehead atoms. The molecular formula is C22H25N5OS. The number of pyridine rings is 2. The zero-order chi connectivity index (χ0) is 20.4. The van der Waals surface area contributed by atoms with Crippen LogP contribution in [0, 0.1) is 13.8 Å². The number of aliphatic hydroxyl groups is 1. The first-order valence-electron chi connectivity index (χ1n) is 9.81. The fraction of sp³-hybridized carbons (Fsp3) is 0.318. The number of nitrogens with zero attached hydrogens (tertiary/aromatic N) is 4. The smallest absolute Gasteiger partial charge is 0.170 e. The fourth-order valence-electron chi connectivity index (χ4n) is 4.15. The van der Waals surface area contributed by atoms with Crippen molar-refractivity contribution in [2.45, 2.75) is 32.4 Å². The molecular weight excluding hydrogens is 382 g/mol.